The molecule has 1 aliphatic rings. The van der Waals surface area contributed by atoms with E-state index in [-0.39, 0.29) is 30.7 Å². The number of alkyl halides is 1. The molecule has 1 aliphatic heterocycles. The van der Waals surface area contributed by atoms with Gasteiger partial charge in [-0.15, -0.1) is 0 Å². The Morgan fingerprint density at radius 3 is 3.00 bits per heavy atom. The van der Waals surface area contributed by atoms with Crippen molar-refractivity contribution in [3.05, 3.63) is 59.2 Å². The third-order valence-corrected chi connectivity index (χ3v) is 4.83. The number of hydrogen-bond donors (Lipinski definition) is 0. The summed E-state index contributed by atoms with van der Waals surface area (Å²) in [5.74, 6) is -0.668. The van der Waals surface area contributed by atoms with Crippen molar-refractivity contribution in [2.45, 2.75) is 25.6 Å². The quantitative estimate of drug-likeness (QED) is 0.629. The molecule has 0 saturated carbocycles. The predicted octanol–water partition coefficient (Wildman–Crippen LogP) is 3.21. The Hall–Kier alpha value is -3.54. The second-order valence-corrected chi connectivity index (χ2v) is 6.72. The molecule has 148 valence electrons. The number of aromatic nitrogens is 3. The smallest absolute Gasteiger partial charge is 0.343 e. The van der Waals surface area contributed by atoms with Crippen LogP contribution in [0.4, 0.5) is 14.6 Å². The van der Waals surface area contributed by atoms with Crippen molar-refractivity contribution in [2.75, 3.05) is 18.1 Å². The fraction of sp³-hybridized carbons (Fsp3) is 0.300. The van der Waals surface area contributed by atoms with Gasteiger partial charge in [-0.3, -0.25) is 0 Å². The molecule has 3 aromatic rings. The van der Waals surface area contributed by atoms with Gasteiger partial charge in [-0.25, -0.2) is 23.1 Å². The van der Waals surface area contributed by atoms with E-state index in [1.165, 1.54) is 16.8 Å². The van der Waals surface area contributed by atoms with E-state index in [0.29, 0.717) is 17.0 Å². The number of rotatable bonds is 4. The van der Waals surface area contributed by atoms with Gasteiger partial charge in [0.2, 0.25) is 0 Å². The Labute approximate surface area is 165 Å². The second-order valence-electron chi connectivity index (χ2n) is 6.72. The number of nitriles is 1. The lowest BCUT2D eigenvalue weighted by atomic mass is 10.0. The molecule has 7 nitrogen and oxygen atoms in total. The summed E-state index contributed by atoms with van der Waals surface area (Å²) in [5, 5.41) is 13.2. The van der Waals surface area contributed by atoms with Gasteiger partial charge in [-0.05, 0) is 36.8 Å². The highest BCUT2D eigenvalue weighted by molar-refractivity contribution is 5.95. The molecule has 1 saturated heterocycles. The molecule has 2 atom stereocenters. The number of benzene rings is 1. The number of esters is 1. The number of carbonyl (C=O) groups excluding carboxylic acids is 1. The molecule has 0 radical (unpaired) electrons. The summed E-state index contributed by atoms with van der Waals surface area (Å²) in [6.07, 6.45) is 2.00. The Kier molecular flexibility index (Phi) is 4.84. The fourth-order valence-corrected chi connectivity index (χ4v) is 3.60. The first-order valence-corrected chi connectivity index (χ1v) is 9.13. The summed E-state index contributed by atoms with van der Waals surface area (Å²) in [4.78, 5) is 18.3. The van der Waals surface area contributed by atoms with E-state index in [9.17, 15) is 13.6 Å². The van der Waals surface area contributed by atoms with Gasteiger partial charge in [0.05, 0.1) is 37.0 Å². The third kappa shape index (κ3) is 3.49. The maximum absolute atomic E-state index is 14.3. The van der Waals surface area contributed by atoms with E-state index in [1.807, 2.05) is 6.07 Å². The first-order chi connectivity index (χ1) is 14.0. The fourth-order valence-electron chi connectivity index (χ4n) is 3.60. The lowest BCUT2D eigenvalue weighted by Gasteiger charge is -2.26. The zero-order valence-corrected chi connectivity index (χ0v) is 15.5. The molecule has 2 aromatic heterocycles. The zero-order valence-electron chi connectivity index (χ0n) is 15.5. The van der Waals surface area contributed by atoms with Gasteiger partial charge in [-0.1, -0.05) is 0 Å². The van der Waals surface area contributed by atoms with Crippen LogP contribution in [0.2, 0.25) is 0 Å². The van der Waals surface area contributed by atoms with Crippen LogP contribution in [0.5, 0.6) is 0 Å². The van der Waals surface area contributed by atoms with Gasteiger partial charge in [-0.2, -0.15) is 10.4 Å². The highest BCUT2D eigenvalue weighted by Gasteiger charge is 2.35. The van der Waals surface area contributed by atoms with Crippen molar-refractivity contribution in [2.24, 2.45) is 0 Å². The Morgan fingerprint density at radius 1 is 1.41 bits per heavy atom. The van der Waals surface area contributed by atoms with Crippen LogP contribution in [-0.2, 0) is 4.74 Å². The van der Waals surface area contributed by atoms with E-state index in [4.69, 9.17) is 10.00 Å². The van der Waals surface area contributed by atoms with Crippen molar-refractivity contribution in [3.63, 3.8) is 0 Å². The summed E-state index contributed by atoms with van der Waals surface area (Å²) < 4.78 is 34.7. The third-order valence-electron chi connectivity index (χ3n) is 4.83. The molecular formula is C20H17F2N5O2. The molecular weight excluding hydrogens is 380 g/mol. The second kappa shape index (κ2) is 7.47. The SMILES string of the molecule is CCOC(=O)c1cnn2ccc(N3C[C@@H](F)CC3c3cc(F)cc(C#N)c3)nc12. The number of fused-ring (bicyclic) bond motifs is 1. The number of anilines is 1. The van der Waals surface area contributed by atoms with Crippen LogP contribution in [0.3, 0.4) is 0 Å². The van der Waals surface area contributed by atoms with Gasteiger partial charge in [0.15, 0.2) is 5.65 Å². The number of carbonyl (C=O) groups is 1. The average molecular weight is 397 g/mol. The lowest BCUT2D eigenvalue weighted by Crippen LogP contribution is -2.25. The van der Waals surface area contributed by atoms with Crippen LogP contribution in [0.15, 0.2) is 36.7 Å². The van der Waals surface area contributed by atoms with Crippen LogP contribution >= 0.6 is 0 Å². The van der Waals surface area contributed by atoms with Crippen LogP contribution in [-0.4, -0.2) is 39.9 Å². The standard InChI is InChI=1S/C20H17F2N5O2/c1-2-29-20(28)16-10-24-27-4-3-18(25-19(16)27)26-11-15(22)8-17(26)13-5-12(9-23)6-14(21)7-13/h3-7,10,15,17H,2,8,11H2,1H3/t15-,17?/m0/s1. The number of ether oxygens (including phenoxy) is 1. The number of hydrogen-bond acceptors (Lipinski definition) is 6. The van der Waals surface area contributed by atoms with E-state index >= 15 is 0 Å². The molecule has 1 unspecified atom stereocenters. The number of nitrogens with zero attached hydrogens (tertiary/aromatic N) is 5. The summed E-state index contributed by atoms with van der Waals surface area (Å²) >= 11 is 0. The van der Waals surface area contributed by atoms with Crippen molar-refractivity contribution in [1.82, 2.24) is 14.6 Å². The van der Waals surface area contributed by atoms with E-state index in [2.05, 4.69) is 10.1 Å². The molecule has 0 spiro atoms. The van der Waals surface area contributed by atoms with E-state index < -0.39 is 24.0 Å². The molecule has 4 rings (SSSR count). The molecule has 0 bridgehead atoms. The minimum atomic E-state index is -1.14. The van der Waals surface area contributed by atoms with Gasteiger partial charge in [0, 0.05) is 12.6 Å². The minimum absolute atomic E-state index is 0.0646. The first kappa shape index (κ1) is 18.8. The maximum atomic E-state index is 14.3. The van der Waals surface area contributed by atoms with Crippen molar-refractivity contribution >= 4 is 17.4 Å². The van der Waals surface area contributed by atoms with Gasteiger partial charge in [0.1, 0.15) is 23.4 Å². The first-order valence-electron chi connectivity index (χ1n) is 9.13. The molecule has 0 amide bonds. The molecule has 29 heavy (non-hydrogen) atoms. The maximum Gasteiger partial charge on any atom is 0.343 e. The molecule has 1 aromatic carbocycles. The van der Waals surface area contributed by atoms with Crippen LogP contribution < -0.4 is 4.90 Å². The molecule has 0 aliphatic carbocycles. The van der Waals surface area contributed by atoms with Crippen molar-refractivity contribution in [1.29, 1.82) is 5.26 Å². The van der Waals surface area contributed by atoms with Gasteiger partial charge >= 0.3 is 5.97 Å². The molecule has 1 fully saturated rings. The van der Waals surface area contributed by atoms with Crippen LogP contribution in [0, 0.1) is 17.1 Å². The van der Waals surface area contributed by atoms with Crippen LogP contribution in [0.25, 0.3) is 5.65 Å². The topological polar surface area (TPSA) is 83.5 Å². The van der Waals surface area contributed by atoms with E-state index in [0.717, 1.165) is 6.07 Å². The molecule has 3 heterocycles. The van der Waals surface area contributed by atoms with Gasteiger partial charge < -0.3 is 9.64 Å². The van der Waals surface area contributed by atoms with Crippen LogP contribution in [0.1, 0.15) is 40.9 Å². The van der Waals surface area contributed by atoms with Gasteiger partial charge in [0.25, 0.3) is 0 Å². The molecule has 0 N–H and O–H groups in total. The van der Waals surface area contributed by atoms with E-state index in [1.54, 1.807) is 30.2 Å². The largest absolute Gasteiger partial charge is 0.462 e. The highest BCUT2D eigenvalue weighted by Crippen LogP contribution is 2.37. The predicted molar refractivity (Wildman–Crippen MR) is 99.7 cm³/mol. The normalized spacial score (nSPS) is 18.8. The highest BCUT2D eigenvalue weighted by atomic mass is 19.1. The lowest BCUT2D eigenvalue weighted by molar-refractivity contribution is 0.0528. The summed E-state index contributed by atoms with van der Waals surface area (Å²) in [6, 6.07) is 7.08. The summed E-state index contributed by atoms with van der Waals surface area (Å²) in [5.41, 5.74) is 1.17. The summed E-state index contributed by atoms with van der Waals surface area (Å²) in [7, 11) is 0. The zero-order chi connectivity index (χ0) is 20.5. The monoisotopic (exact) mass is 397 g/mol. The van der Waals surface area contributed by atoms with Crippen molar-refractivity contribution in [3.8, 4) is 6.07 Å². The molecule has 9 heteroatoms. The summed E-state index contributed by atoms with van der Waals surface area (Å²) in [6.45, 7) is 1.98. The number of halogens is 2. The minimum Gasteiger partial charge on any atom is -0.462 e. The Balaban J connectivity index is 1.75. The van der Waals surface area contributed by atoms with Crippen molar-refractivity contribution < 1.29 is 18.3 Å². The Bertz CT molecular complexity index is 1120. The Morgan fingerprint density at radius 2 is 2.24 bits per heavy atom. The average Bonchev–Trinajstić information content (AvgIpc) is 3.30.